The number of hydrogen-bond donors (Lipinski definition) is 2. The number of carbonyl (C=O) groups is 2. The molecule has 0 fully saturated rings. The number of hydrogen-bond acceptors (Lipinski definition) is 6. The third kappa shape index (κ3) is 6.26. The van der Waals surface area contributed by atoms with Crippen LogP contribution in [0.1, 0.15) is 11.1 Å². The summed E-state index contributed by atoms with van der Waals surface area (Å²) in [6.45, 7) is -0.107. The van der Waals surface area contributed by atoms with Crippen molar-refractivity contribution in [2.75, 3.05) is 0 Å². The van der Waals surface area contributed by atoms with Crippen molar-refractivity contribution >= 4 is 11.9 Å². The summed E-state index contributed by atoms with van der Waals surface area (Å²) in [5.74, 6) is -3.12. The highest BCUT2D eigenvalue weighted by Gasteiger charge is 2.38. The minimum absolute atomic E-state index is 0.0537. The van der Waals surface area contributed by atoms with Gasteiger partial charge in [-0.3, -0.25) is 0 Å². The van der Waals surface area contributed by atoms with Gasteiger partial charge >= 0.3 is 11.9 Å². The Morgan fingerprint density at radius 3 is 1.35 bits per heavy atom. The largest absolute Gasteiger partial charge is 0.479 e. The van der Waals surface area contributed by atoms with E-state index in [0.717, 1.165) is 11.1 Å². The van der Waals surface area contributed by atoms with Crippen LogP contribution in [0.3, 0.4) is 0 Å². The van der Waals surface area contributed by atoms with E-state index in [0.29, 0.717) is 0 Å². The van der Waals surface area contributed by atoms with Crippen LogP contribution in [-0.2, 0) is 42.4 Å². The summed E-state index contributed by atoms with van der Waals surface area (Å²) in [5, 5.41) is 18.4. The van der Waals surface area contributed by atoms with Gasteiger partial charge in [0.05, 0.1) is 0 Å². The molecule has 2 aromatic carbocycles. The zero-order valence-corrected chi connectivity index (χ0v) is 13.7. The van der Waals surface area contributed by atoms with E-state index in [2.05, 4.69) is 0 Å². The van der Waals surface area contributed by atoms with E-state index in [1.165, 1.54) is 0 Å². The fraction of sp³-hybridized carbons (Fsp3) is 0.222. The maximum atomic E-state index is 11.3. The zero-order valence-electron chi connectivity index (χ0n) is 13.7. The van der Waals surface area contributed by atoms with E-state index in [1.807, 2.05) is 12.1 Å². The van der Waals surface area contributed by atoms with Crippen LogP contribution < -0.4 is 0 Å². The minimum Gasteiger partial charge on any atom is -0.479 e. The molecule has 8 nitrogen and oxygen atoms in total. The maximum Gasteiger partial charge on any atom is 0.339 e. The summed E-state index contributed by atoms with van der Waals surface area (Å²) in [4.78, 5) is 41.8. The lowest BCUT2D eigenvalue weighted by Gasteiger charge is -2.19. The molecule has 0 aliphatic rings. The smallest absolute Gasteiger partial charge is 0.339 e. The van der Waals surface area contributed by atoms with Gasteiger partial charge in [-0.1, -0.05) is 60.7 Å². The van der Waals surface area contributed by atoms with Gasteiger partial charge in [0.15, 0.2) is 0 Å². The molecule has 2 unspecified atom stereocenters. The van der Waals surface area contributed by atoms with Gasteiger partial charge in [-0.05, 0) is 11.1 Å². The first-order valence-electron chi connectivity index (χ1n) is 7.68. The van der Waals surface area contributed by atoms with Crippen molar-refractivity contribution in [3.63, 3.8) is 0 Å². The molecule has 0 saturated carbocycles. The Morgan fingerprint density at radius 1 is 0.692 bits per heavy atom. The molecule has 2 atom stereocenters. The molecule has 0 heterocycles. The molecule has 0 spiro atoms. The Labute approximate surface area is 149 Å². The topological polar surface area (TPSA) is 112 Å². The van der Waals surface area contributed by atoms with Crippen molar-refractivity contribution in [2.45, 2.75) is 25.4 Å². The Balaban J connectivity index is 1.89. The Bertz CT molecular complexity index is 627. The van der Waals surface area contributed by atoms with E-state index in [1.54, 1.807) is 48.5 Å². The molecule has 0 aliphatic carbocycles. The summed E-state index contributed by atoms with van der Waals surface area (Å²) in [5.41, 5.74) is 1.45. The van der Waals surface area contributed by atoms with Crippen molar-refractivity contribution in [2.24, 2.45) is 0 Å². The number of benzene rings is 2. The Morgan fingerprint density at radius 2 is 1.04 bits per heavy atom. The van der Waals surface area contributed by atoms with Gasteiger partial charge in [-0.15, -0.1) is 0 Å². The van der Waals surface area contributed by atoms with Crippen molar-refractivity contribution in [1.82, 2.24) is 0 Å². The summed E-state index contributed by atoms with van der Waals surface area (Å²) in [6, 6.07) is 17.7. The fourth-order valence-corrected chi connectivity index (χ4v) is 1.94. The number of aliphatic carboxylic acids is 2. The van der Waals surface area contributed by atoms with E-state index in [9.17, 15) is 19.8 Å². The van der Waals surface area contributed by atoms with Crippen molar-refractivity contribution in [3.8, 4) is 0 Å². The lowest BCUT2D eigenvalue weighted by Crippen LogP contribution is -2.43. The van der Waals surface area contributed by atoms with Gasteiger partial charge in [0.1, 0.15) is 13.2 Å². The molecular formula is C18H18O8. The fourth-order valence-electron chi connectivity index (χ4n) is 1.94. The Hall–Kier alpha value is -2.78. The molecule has 0 saturated heterocycles. The summed E-state index contributed by atoms with van der Waals surface area (Å²) < 4.78 is 0. The molecule has 0 radical (unpaired) electrons. The van der Waals surface area contributed by atoms with Crippen molar-refractivity contribution in [1.29, 1.82) is 0 Å². The van der Waals surface area contributed by atoms with Crippen molar-refractivity contribution < 1.29 is 39.4 Å². The maximum absolute atomic E-state index is 11.3. The van der Waals surface area contributed by atoms with Crippen LogP contribution in [0.4, 0.5) is 0 Å². The number of carboxylic acid groups (broad SMARTS) is 2. The van der Waals surface area contributed by atoms with E-state index in [-0.39, 0.29) is 13.2 Å². The third-order valence-corrected chi connectivity index (χ3v) is 3.24. The third-order valence-electron chi connectivity index (χ3n) is 3.24. The van der Waals surface area contributed by atoms with Crippen LogP contribution in [0.5, 0.6) is 0 Å². The second kappa shape index (κ2) is 10.3. The monoisotopic (exact) mass is 362 g/mol. The highest BCUT2D eigenvalue weighted by molar-refractivity contribution is 5.83. The standard InChI is InChI=1S/C18H18O8/c19-17(20)15(25-23-11-13-7-3-1-4-8-13)16(18(21)22)26-24-12-14-9-5-2-6-10-14/h1-10,15-16H,11-12H2,(H,19,20)(H,21,22). The first-order valence-corrected chi connectivity index (χ1v) is 7.68. The van der Waals surface area contributed by atoms with Gasteiger partial charge in [0.25, 0.3) is 0 Å². The van der Waals surface area contributed by atoms with Crippen LogP contribution in [0.25, 0.3) is 0 Å². The van der Waals surface area contributed by atoms with Gasteiger partial charge < -0.3 is 10.2 Å². The lowest BCUT2D eigenvalue weighted by molar-refractivity contribution is -0.386. The zero-order chi connectivity index (χ0) is 18.8. The highest BCUT2D eigenvalue weighted by Crippen LogP contribution is 2.11. The van der Waals surface area contributed by atoms with Crippen molar-refractivity contribution in [3.05, 3.63) is 71.8 Å². The van der Waals surface area contributed by atoms with Gasteiger partial charge in [-0.2, -0.15) is 0 Å². The molecule has 2 N–H and O–H groups in total. The van der Waals surface area contributed by atoms with Crippen LogP contribution in [-0.4, -0.2) is 34.4 Å². The normalized spacial score (nSPS) is 13.1. The summed E-state index contributed by atoms with van der Waals surface area (Å²) >= 11 is 0. The summed E-state index contributed by atoms with van der Waals surface area (Å²) in [6.07, 6.45) is -3.82. The quantitative estimate of drug-likeness (QED) is 0.462. The first-order chi connectivity index (χ1) is 12.6. The molecule has 0 bridgehead atoms. The molecule has 138 valence electrons. The molecule has 2 rings (SSSR count). The highest BCUT2D eigenvalue weighted by atomic mass is 17.2. The SMILES string of the molecule is O=C(O)C(OOCc1ccccc1)C(OOCc1ccccc1)C(=O)O. The second-order valence-electron chi connectivity index (χ2n) is 5.21. The second-order valence-corrected chi connectivity index (χ2v) is 5.21. The number of carboxylic acids is 2. The van der Waals surface area contributed by atoms with Gasteiger partial charge in [0.2, 0.25) is 12.2 Å². The molecule has 2 aromatic rings. The van der Waals surface area contributed by atoms with Crippen LogP contribution in [0.15, 0.2) is 60.7 Å². The predicted molar refractivity (Wildman–Crippen MR) is 87.5 cm³/mol. The van der Waals surface area contributed by atoms with E-state index >= 15 is 0 Å². The molecular weight excluding hydrogens is 344 g/mol. The van der Waals surface area contributed by atoms with E-state index < -0.39 is 24.1 Å². The average Bonchev–Trinajstić information content (AvgIpc) is 2.64. The minimum atomic E-state index is -1.91. The molecule has 26 heavy (non-hydrogen) atoms. The molecule has 0 amide bonds. The number of rotatable bonds is 11. The average molecular weight is 362 g/mol. The van der Waals surface area contributed by atoms with Crippen LogP contribution >= 0.6 is 0 Å². The molecule has 0 aliphatic heterocycles. The summed E-state index contributed by atoms with van der Waals surface area (Å²) in [7, 11) is 0. The van der Waals surface area contributed by atoms with Crippen LogP contribution in [0, 0.1) is 0 Å². The van der Waals surface area contributed by atoms with E-state index in [4.69, 9.17) is 19.6 Å². The van der Waals surface area contributed by atoms with Gasteiger partial charge in [-0.25, -0.2) is 29.1 Å². The Kier molecular flexibility index (Phi) is 7.72. The molecule has 0 aromatic heterocycles. The van der Waals surface area contributed by atoms with Gasteiger partial charge in [0, 0.05) is 0 Å². The predicted octanol–water partition coefficient (Wildman–Crippen LogP) is 2.19. The van der Waals surface area contributed by atoms with Crippen LogP contribution in [0.2, 0.25) is 0 Å². The first kappa shape index (κ1) is 19.5. The lowest BCUT2D eigenvalue weighted by atomic mass is 10.2. The molecule has 8 heteroatoms.